The molecule has 0 unspecified atom stereocenters. The van der Waals surface area contributed by atoms with Gasteiger partial charge in [0.05, 0.1) is 31.0 Å². The number of carbonyl (C=O) groups is 1. The predicted molar refractivity (Wildman–Crippen MR) is 127 cm³/mol. The summed E-state index contributed by atoms with van der Waals surface area (Å²) in [5.41, 5.74) is 3.36. The van der Waals surface area contributed by atoms with Gasteiger partial charge >= 0.3 is 0 Å². The first kappa shape index (κ1) is 22.4. The van der Waals surface area contributed by atoms with Gasteiger partial charge in [0.15, 0.2) is 11.5 Å². The Balaban J connectivity index is 0.00000272. The van der Waals surface area contributed by atoms with Gasteiger partial charge in [-0.15, -0.1) is 12.4 Å². The minimum absolute atomic E-state index is 0. The molecular weight excluding hydrogens is 435 g/mol. The van der Waals surface area contributed by atoms with E-state index in [-0.39, 0.29) is 18.3 Å². The highest BCUT2D eigenvalue weighted by molar-refractivity contribution is 6.30. The van der Waals surface area contributed by atoms with Crippen molar-refractivity contribution in [2.24, 2.45) is 0 Å². The summed E-state index contributed by atoms with van der Waals surface area (Å²) in [6, 6.07) is 22.0. The summed E-state index contributed by atoms with van der Waals surface area (Å²) in [7, 11) is 3.12. The van der Waals surface area contributed by atoms with Crippen molar-refractivity contribution >= 4 is 46.5 Å². The lowest BCUT2D eigenvalue weighted by Crippen LogP contribution is -2.13. The van der Waals surface area contributed by atoms with Crippen molar-refractivity contribution in [1.29, 1.82) is 0 Å². The van der Waals surface area contributed by atoms with Crippen LogP contribution in [0.2, 0.25) is 5.02 Å². The zero-order valence-corrected chi connectivity index (χ0v) is 18.5. The van der Waals surface area contributed by atoms with Crippen molar-refractivity contribution in [3.8, 4) is 22.8 Å². The Hall–Kier alpha value is -3.28. The van der Waals surface area contributed by atoms with Crippen molar-refractivity contribution < 1.29 is 14.3 Å². The average Bonchev–Trinajstić information content (AvgIpc) is 2.78. The summed E-state index contributed by atoms with van der Waals surface area (Å²) in [5, 5.41) is 4.31. The number of pyridine rings is 1. The van der Waals surface area contributed by atoms with Crippen LogP contribution in [0.25, 0.3) is 22.2 Å². The predicted octanol–water partition coefficient (Wildman–Crippen LogP) is 6.25. The van der Waals surface area contributed by atoms with Gasteiger partial charge in [-0.05, 0) is 36.4 Å². The quantitative estimate of drug-likeness (QED) is 0.387. The number of methoxy groups -OCH3 is 2. The molecule has 0 fully saturated rings. The standard InChI is InChI=1S/C24H19ClN2O3.ClH/c1-29-22-11-10-17(13-23(22)30-2)26-24(28)19-14-21(15-6-5-7-16(25)12-15)27-20-9-4-3-8-18(19)20;/h3-14H,1-2H3,(H,26,28);1H. The molecule has 1 heterocycles. The fourth-order valence-corrected chi connectivity index (χ4v) is 3.46. The van der Waals surface area contributed by atoms with Crippen LogP contribution in [-0.4, -0.2) is 25.1 Å². The Morgan fingerprint density at radius 1 is 0.903 bits per heavy atom. The number of carbonyl (C=O) groups excluding carboxylic acids is 1. The molecule has 0 atom stereocenters. The molecule has 0 aliphatic rings. The second-order valence-corrected chi connectivity index (χ2v) is 7.04. The van der Waals surface area contributed by atoms with Crippen molar-refractivity contribution in [3.63, 3.8) is 0 Å². The van der Waals surface area contributed by atoms with E-state index >= 15 is 0 Å². The van der Waals surface area contributed by atoms with E-state index in [1.165, 1.54) is 0 Å². The first-order valence-corrected chi connectivity index (χ1v) is 9.66. The third-order valence-electron chi connectivity index (χ3n) is 4.72. The largest absolute Gasteiger partial charge is 0.493 e. The molecule has 0 spiro atoms. The molecule has 1 N–H and O–H groups in total. The van der Waals surface area contributed by atoms with E-state index in [4.69, 9.17) is 26.1 Å². The van der Waals surface area contributed by atoms with E-state index in [0.717, 1.165) is 16.5 Å². The number of hydrogen-bond acceptors (Lipinski definition) is 4. The van der Waals surface area contributed by atoms with Crippen LogP contribution < -0.4 is 14.8 Å². The molecule has 3 aromatic carbocycles. The first-order chi connectivity index (χ1) is 14.6. The van der Waals surface area contributed by atoms with Crippen LogP contribution >= 0.6 is 24.0 Å². The number of fused-ring (bicyclic) bond motifs is 1. The molecule has 7 heteroatoms. The number of anilines is 1. The van der Waals surface area contributed by atoms with E-state index in [0.29, 0.717) is 33.5 Å². The highest BCUT2D eigenvalue weighted by Crippen LogP contribution is 2.31. The van der Waals surface area contributed by atoms with E-state index in [1.807, 2.05) is 42.5 Å². The van der Waals surface area contributed by atoms with Crippen molar-refractivity contribution in [3.05, 3.63) is 83.4 Å². The summed E-state index contributed by atoms with van der Waals surface area (Å²) < 4.78 is 10.6. The van der Waals surface area contributed by atoms with Gasteiger partial charge in [-0.3, -0.25) is 4.79 Å². The third-order valence-corrected chi connectivity index (χ3v) is 4.96. The van der Waals surface area contributed by atoms with E-state index < -0.39 is 0 Å². The monoisotopic (exact) mass is 454 g/mol. The molecule has 1 amide bonds. The molecule has 5 nitrogen and oxygen atoms in total. The van der Waals surface area contributed by atoms with Gasteiger partial charge < -0.3 is 14.8 Å². The summed E-state index contributed by atoms with van der Waals surface area (Å²) in [6.07, 6.45) is 0. The molecule has 0 bridgehead atoms. The number of nitrogens with one attached hydrogen (secondary N) is 1. The lowest BCUT2D eigenvalue weighted by Gasteiger charge is -2.13. The number of ether oxygens (including phenoxy) is 2. The molecule has 0 saturated heterocycles. The Bertz CT molecular complexity index is 1240. The molecule has 0 radical (unpaired) electrons. The van der Waals surface area contributed by atoms with Crippen LogP contribution in [0.5, 0.6) is 11.5 Å². The third kappa shape index (κ3) is 4.74. The molecule has 158 valence electrons. The maximum atomic E-state index is 13.2. The Labute approximate surface area is 191 Å². The van der Waals surface area contributed by atoms with Gasteiger partial charge in [0.1, 0.15) is 0 Å². The Kier molecular flexibility index (Phi) is 7.00. The van der Waals surface area contributed by atoms with Crippen LogP contribution in [0.3, 0.4) is 0 Å². The van der Waals surface area contributed by atoms with Crippen LogP contribution in [0.4, 0.5) is 5.69 Å². The molecule has 0 aliphatic carbocycles. The fourth-order valence-electron chi connectivity index (χ4n) is 3.27. The molecule has 4 rings (SSSR count). The highest BCUT2D eigenvalue weighted by Gasteiger charge is 2.15. The van der Waals surface area contributed by atoms with Crippen LogP contribution in [0.15, 0.2) is 72.8 Å². The lowest BCUT2D eigenvalue weighted by molar-refractivity contribution is 0.102. The number of hydrogen-bond donors (Lipinski definition) is 1. The number of benzene rings is 3. The van der Waals surface area contributed by atoms with Gasteiger partial charge in [-0.1, -0.05) is 41.9 Å². The number of rotatable bonds is 5. The van der Waals surface area contributed by atoms with Gasteiger partial charge in [0, 0.05) is 27.7 Å². The van der Waals surface area contributed by atoms with Gasteiger partial charge in [0.2, 0.25) is 0 Å². The van der Waals surface area contributed by atoms with Gasteiger partial charge in [-0.25, -0.2) is 4.98 Å². The Morgan fingerprint density at radius 2 is 1.68 bits per heavy atom. The van der Waals surface area contributed by atoms with Gasteiger partial charge in [0.25, 0.3) is 5.91 Å². The SMILES string of the molecule is COc1ccc(NC(=O)c2cc(-c3cccc(Cl)c3)nc3ccccc23)cc1OC.Cl. The first-order valence-electron chi connectivity index (χ1n) is 9.28. The normalized spacial score (nSPS) is 10.3. The molecule has 1 aromatic heterocycles. The number of nitrogens with zero attached hydrogens (tertiary/aromatic N) is 1. The lowest BCUT2D eigenvalue weighted by atomic mass is 10.0. The number of aromatic nitrogens is 1. The number of halogens is 2. The molecule has 31 heavy (non-hydrogen) atoms. The molecule has 0 aliphatic heterocycles. The number of amides is 1. The average molecular weight is 455 g/mol. The van der Waals surface area contributed by atoms with E-state index in [9.17, 15) is 4.79 Å². The zero-order valence-electron chi connectivity index (χ0n) is 16.9. The summed E-state index contributed by atoms with van der Waals surface area (Å²) in [6.45, 7) is 0. The minimum Gasteiger partial charge on any atom is -0.493 e. The van der Waals surface area contributed by atoms with Crippen LogP contribution in [0, 0.1) is 0 Å². The minimum atomic E-state index is -0.246. The maximum absolute atomic E-state index is 13.2. The molecule has 4 aromatic rings. The second kappa shape index (κ2) is 9.69. The van der Waals surface area contributed by atoms with E-state index in [2.05, 4.69) is 5.32 Å². The Morgan fingerprint density at radius 3 is 2.42 bits per heavy atom. The van der Waals surface area contributed by atoms with Gasteiger partial charge in [-0.2, -0.15) is 0 Å². The van der Waals surface area contributed by atoms with Crippen molar-refractivity contribution in [1.82, 2.24) is 4.98 Å². The highest BCUT2D eigenvalue weighted by atomic mass is 35.5. The smallest absolute Gasteiger partial charge is 0.256 e. The second-order valence-electron chi connectivity index (χ2n) is 6.61. The molecular formula is C24H20Cl2N2O3. The van der Waals surface area contributed by atoms with Crippen molar-refractivity contribution in [2.75, 3.05) is 19.5 Å². The maximum Gasteiger partial charge on any atom is 0.256 e. The fraction of sp³-hybridized carbons (Fsp3) is 0.0833. The van der Waals surface area contributed by atoms with Crippen LogP contribution in [-0.2, 0) is 0 Å². The van der Waals surface area contributed by atoms with Crippen LogP contribution in [0.1, 0.15) is 10.4 Å². The van der Waals surface area contributed by atoms with Crippen molar-refractivity contribution in [2.45, 2.75) is 0 Å². The summed E-state index contributed by atoms with van der Waals surface area (Å²) >= 11 is 6.15. The zero-order chi connectivity index (χ0) is 21.1. The molecule has 0 saturated carbocycles. The summed E-state index contributed by atoms with van der Waals surface area (Å²) in [4.78, 5) is 17.9. The topological polar surface area (TPSA) is 60.5 Å². The summed E-state index contributed by atoms with van der Waals surface area (Å²) in [5.74, 6) is 0.881. The number of para-hydroxylation sites is 1. The van der Waals surface area contributed by atoms with E-state index in [1.54, 1.807) is 44.6 Å².